The van der Waals surface area contributed by atoms with Gasteiger partial charge < -0.3 is 5.73 Å². The number of nitrogens with two attached hydrogens (primary N) is 1. The minimum Gasteiger partial charge on any atom is -0.330 e. The number of aromatic nitrogens is 2. The third kappa shape index (κ3) is 3.05. The average molecular weight is 167 g/mol. The Morgan fingerprint density at radius 1 is 1.50 bits per heavy atom. The van der Waals surface area contributed by atoms with Gasteiger partial charge in [0.2, 0.25) is 0 Å². The monoisotopic (exact) mass is 167 g/mol. The number of hydrogen-bond acceptors (Lipinski definition) is 2. The van der Waals surface area contributed by atoms with E-state index in [9.17, 15) is 0 Å². The van der Waals surface area contributed by atoms with Crippen molar-refractivity contribution in [3.8, 4) is 0 Å². The van der Waals surface area contributed by atoms with Crippen molar-refractivity contribution in [3.05, 3.63) is 18.5 Å². The molecule has 1 rings (SSSR count). The van der Waals surface area contributed by atoms with Gasteiger partial charge in [0.25, 0.3) is 0 Å². The molecule has 3 heteroatoms. The molecule has 1 atom stereocenters. The van der Waals surface area contributed by atoms with Crippen LogP contribution in [0, 0.1) is 5.92 Å². The van der Waals surface area contributed by atoms with Crippen molar-refractivity contribution in [2.45, 2.75) is 26.3 Å². The van der Waals surface area contributed by atoms with Crippen LogP contribution in [0.4, 0.5) is 0 Å². The van der Waals surface area contributed by atoms with Crippen LogP contribution in [0.15, 0.2) is 18.5 Å². The second-order valence-electron chi connectivity index (χ2n) is 3.24. The fourth-order valence-electron chi connectivity index (χ4n) is 1.21. The first kappa shape index (κ1) is 9.26. The summed E-state index contributed by atoms with van der Waals surface area (Å²) in [5.74, 6) is 0.708. The summed E-state index contributed by atoms with van der Waals surface area (Å²) in [6.45, 7) is 4.03. The van der Waals surface area contributed by atoms with Gasteiger partial charge in [-0.1, -0.05) is 6.92 Å². The molecule has 0 fully saturated rings. The molecule has 1 heterocycles. The smallest absolute Gasteiger partial charge is 0.0489 e. The topological polar surface area (TPSA) is 43.8 Å². The van der Waals surface area contributed by atoms with Crippen LogP contribution < -0.4 is 5.73 Å². The molecule has 2 N–H and O–H groups in total. The van der Waals surface area contributed by atoms with Gasteiger partial charge >= 0.3 is 0 Å². The van der Waals surface area contributed by atoms with E-state index in [4.69, 9.17) is 5.73 Å². The molecule has 0 saturated heterocycles. The molecule has 1 unspecified atom stereocenters. The van der Waals surface area contributed by atoms with Crippen molar-refractivity contribution < 1.29 is 0 Å². The highest BCUT2D eigenvalue weighted by atomic mass is 15.3. The maximum atomic E-state index is 5.46. The molecular formula is C9H17N3. The molecule has 0 saturated carbocycles. The lowest BCUT2D eigenvalue weighted by Crippen LogP contribution is -2.09. The van der Waals surface area contributed by atoms with E-state index >= 15 is 0 Å². The van der Waals surface area contributed by atoms with Gasteiger partial charge in [-0.2, -0.15) is 5.10 Å². The van der Waals surface area contributed by atoms with E-state index in [-0.39, 0.29) is 0 Å². The van der Waals surface area contributed by atoms with E-state index in [2.05, 4.69) is 12.0 Å². The van der Waals surface area contributed by atoms with Crippen molar-refractivity contribution in [2.24, 2.45) is 11.7 Å². The maximum absolute atomic E-state index is 5.46. The molecule has 0 amide bonds. The summed E-state index contributed by atoms with van der Waals surface area (Å²) in [6, 6.07) is 1.95. The molecule has 12 heavy (non-hydrogen) atoms. The van der Waals surface area contributed by atoms with Gasteiger partial charge in [0.05, 0.1) is 0 Å². The lowest BCUT2D eigenvalue weighted by Gasteiger charge is -2.08. The summed E-state index contributed by atoms with van der Waals surface area (Å²) in [5, 5.41) is 4.13. The van der Waals surface area contributed by atoms with E-state index in [0.29, 0.717) is 5.92 Å². The van der Waals surface area contributed by atoms with E-state index < -0.39 is 0 Å². The number of nitrogens with zero attached hydrogens (tertiary/aromatic N) is 2. The van der Waals surface area contributed by atoms with Gasteiger partial charge in [-0.15, -0.1) is 0 Å². The van der Waals surface area contributed by atoms with E-state index in [1.807, 2.05) is 23.1 Å². The van der Waals surface area contributed by atoms with Crippen molar-refractivity contribution in [1.29, 1.82) is 0 Å². The molecule has 0 aromatic carbocycles. The molecule has 68 valence electrons. The summed E-state index contributed by atoms with van der Waals surface area (Å²) in [6.07, 6.45) is 6.09. The quantitative estimate of drug-likeness (QED) is 0.717. The summed E-state index contributed by atoms with van der Waals surface area (Å²) < 4.78 is 1.97. The minimum absolute atomic E-state index is 0.708. The molecule has 0 spiro atoms. The van der Waals surface area contributed by atoms with Gasteiger partial charge in [0.15, 0.2) is 0 Å². The third-order valence-corrected chi connectivity index (χ3v) is 2.07. The van der Waals surface area contributed by atoms with Gasteiger partial charge in [-0.25, -0.2) is 0 Å². The standard InChI is InChI=1S/C9H17N3/c1-9(3-5-10)4-8-12-7-2-6-11-12/h2,6-7,9H,3-5,8,10H2,1H3. The number of rotatable bonds is 5. The normalized spacial score (nSPS) is 13.2. The van der Waals surface area contributed by atoms with Crippen LogP contribution >= 0.6 is 0 Å². The van der Waals surface area contributed by atoms with Crippen LogP contribution in [0.5, 0.6) is 0 Å². The number of hydrogen-bond donors (Lipinski definition) is 1. The Balaban J connectivity index is 2.17. The van der Waals surface area contributed by atoms with E-state index in [0.717, 1.165) is 19.5 Å². The molecule has 1 aromatic rings. The first-order valence-electron chi connectivity index (χ1n) is 4.50. The summed E-state index contributed by atoms with van der Waals surface area (Å²) >= 11 is 0. The Bertz CT molecular complexity index is 194. The van der Waals surface area contributed by atoms with Crippen LogP contribution in [-0.2, 0) is 6.54 Å². The summed E-state index contributed by atoms with van der Waals surface area (Å²) in [4.78, 5) is 0. The first-order valence-corrected chi connectivity index (χ1v) is 4.50. The molecular weight excluding hydrogens is 150 g/mol. The maximum Gasteiger partial charge on any atom is 0.0489 e. The Morgan fingerprint density at radius 2 is 2.33 bits per heavy atom. The summed E-state index contributed by atoms with van der Waals surface area (Å²) in [7, 11) is 0. The fraction of sp³-hybridized carbons (Fsp3) is 0.667. The van der Waals surface area contributed by atoms with Crippen LogP contribution in [0.25, 0.3) is 0 Å². The highest BCUT2D eigenvalue weighted by molar-refractivity contribution is 4.77. The van der Waals surface area contributed by atoms with Crippen LogP contribution in [0.2, 0.25) is 0 Å². The predicted molar refractivity (Wildman–Crippen MR) is 49.7 cm³/mol. The zero-order valence-electron chi connectivity index (χ0n) is 7.61. The van der Waals surface area contributed by atoms with Crippen LogP contribution in [0.1, 0.15) is 19.8 Å². The van der Waals surface area contributed by atoms with Crippen molar-refractivity contribution in [1.82, 2.24) is 9.78 Å². The Hall–Kier alpha value is -0.830. The van der Waals surface area contributed by atoms with Gasteiger partial charge in [-0.3, -0.25) is 4.68 Å². The lowest BCUT2D eigenvalue weighted by molar-refractivity contribution is 0.439. The van der Waals surface area contributed by atoms with Crippen molar-refractivity contribution in [3.63, 3.8) is 0 Å². The Kier molecular flexibility index (Phi) is 3.80. The van der Waals surface area contributed by atoms with Crippen molar-refractivity contribution in [2.75, 3.05) is 6.54 Å². The molecule has 0 bridgehead atoms. The highest BCUT2D eigenvalue weighted by Crippen LogP contribution is 2.06. The largest absolute Gasteiger partial charge is 0.330 e. The molecule has 0 aliphatic heterocycles. The average Bonchev–Trinajstić information content (AvgIpc) is 2.53. The van der Waals surface area contributed by atoms with E-state index in [1.54, 1.807) is 0 Å². The minimum atomic E-state index is 0.708. The first-order chi connectivity index (χ1) is 5.83. The number of aryl methyl sites for hydroxylation is 1. The SMILES string of the molecule is CC(CCN)CCn1cccn1. The zero-order chi connectivity index (χ0) is 8.81. The van der Waals surface area contributed by atoms with Crippen molar-refractivity contribution >= 4 is 0 Å². The van der Waals surface area contributed by atoms with Crippen LogP contribution in [-0.4, -0.2) is 16.3 Å². The molecule has 0 radical (unpaired) electrons. The lowest BCUT2D eigenvalue weighted by atomic mass is 10.0. The molecule has 3 nitrogen and oxygen atoms in total. The summed E-state index contributed by atoms with van der Waals surface area (Å²) in [5.41, 5.74) is 5.46. The molecule has 1 aromatic heterocycles. The van der Waals surface area contributed by atoms with Gasteiger partial charge in [0.1, 0.15) is 0 Å². The highest BCUT2D eigenvalue weighted by Gasteiger charge is 2.00. The predicted octanol–water partition coefficient (Wildman–Crippen LogP) is 1.26. The molecule has 0 aliphatic rings. The van der Waals surface area contributed by atoms with E-state index in [1.165, 1.54) is 6.42 Å². The van der Waals surface area contributed by atoms with Crippen LogP contribution in [0.3, 0.4) is 0 Å². The Labute approximate surface area is 73.6 Å². The third-order valence-electron chi connectivity index (χ3n) is 2.07. The fourth-order valence-corrected chi connectivity index (χ4v) is 1.21. The van der Waals surface area contributed by atoms with Gasteiger partial charge in [0, 0.05) is 18.9 Å². The Morgan fingerprint density at radius 3 is 2.92 bits per heavy atom. The molecule has 0 aliphatic carbocycles. The second kappa shape index (κ2) is 4.93. The second-order valence-corrected chi connectivity index (χ2v) is 3.24. The zero-order valence-corrected chi connectivity index (χ0v) is 7.61. The van der Waals surface area contributed by atoms with Gasteiger partial charge in [-0.05, 0) is 31.4 Å².